The van der Waals surface area contributed by atoms with Gasteiger partial charge >= 0.3 is 0 Å². The summed E-state index contributed by atoms with van der Waals surface area (Å²) in [6.45, 7) is 3.83. The Bertz CT molecular complexity index is 697. The quantitative estimate of drug-likeness (QED) is 0.878. The van der Waals surface area contributed by atoms with E-state index in [0.717, 1.165) is 31.9 Å². The molecule has 1 aliphatic rings. The predicted molar refractivity (Wildman–Crippen MR) is 96.0 cm³/mol. The van der Waals surface area contributed by atoms with Crippen LogP contribution in [0.3, 0.4) is 0 Å². The van der Waals surface area contributed by atoms with Crippen molar-refractivity contribution in [2.45, 2.75) is 19.4 Å². The first-order chi connectivity index (χ1) is 12.2. The molecule has 0 aliphatic carbocycles. The second kappa shape index (κ2) is 8.62. The van der Waals surface area contributed by atoms with E-state index in [0.29, 0.717) is 18.5 Å². The Morgan fingerprint density at radius 2 is 1.80 bits per heavy atom. The molecule has 1 fully saturated rings. The van der Waals surface area contributed by atoms with Crippen molar-refractivity contribution >= 4 is 11.6 Å². The van der Waals surface area contributed by atoms with Crippen LogP contribution in [-0.4, -0.2) is 32.2 Å². The van der Waals surface area contributed by atoms with Gasteiger partial charge in [-0.3, -0.25) is 4.79 Å². The standard InChI is InChI=1S/C20H23FN2O2/c21-19-4-2-1-3-17(19)7-10-20(24)22-15-16-5-8-18(9-6-16)23-11-13-25-14-12-23/h1-6,8-9H,7,10-15H2,(H,22,24). The van der Waals surface area contributed by atoms with E-state index >= 15 is 0 Å². The molecule has 2 aromatic carbocycles. The van der Waals surface area contributed by atoms with Crippen LogP contribution < -0.4 is 10.2 Å². The number of hydrogen-bond acceptors (Lipinski definition) is 3. The van der Waals surface area contributed by atoms with Gasteiger partial charge in [-0.1, -0.05) is 30.3 Å². The number of benzene rings is 2. The van der Waals surface area contributed by atoms with Gasteiger partial charge in [-0.25, -0.2) is 4.39 Å². The fraction of sp³-hybridized carbons (Fsp3) is 0.350. The van der Waals surface area contributed by atoms with E-state index in [2.05, 4.69) is 22.3 Å². The summed E-state index contributed by atoms with van der Waals surface area (Å²) < 4.78 is 18.9. The third kappa shape index (κ3) is 5.03. The maximum atomic E-state index is 13.5. The van der Waals surface area contributed by atoms with Gasteiger partial charge in [0.05, 0.1) is 13.2 Å². The molecular weight excluding hydrogens is 319 g/mol. The van der Waals surface area contributed by atoms with Crippen molar-refractivity contribution in [3.8, 4) is 0 Å². The summed E-state index contributed by atoms with van der Waals surface area (Å²) in [5.74, 6) is -0.325. The molecule has 4 nitrogen and oxygen atoms in total. The molecule has 1 N–H and O–H groups in total. The van der Waals surface area contributed by atoms with Crippen LogP contribution in [-0.2, 0) is 22.5 Å². The fourth-order valence-electron chi connectivity index (χ4n) is 2.88. The van der Waals surface area contributed by atoms with Crippen LogP contribution in [0.25, 0.3) is 0 Å². The number of rotatable bonds is 6. The van der Waals surface area contributed by atoms with Crippen LogP contribution in [0.1, 0.15) is 17.5 Å². The van der Waals surface area contributed by atoms with Crippen molar-refractivity contribution in [2.75, 3.05) is 31.2 Å². The van der Waals surface area contributed by atoms with Crippen molar-refractivity contribution < 1.29 is 13.9 Å². The molecule has 0 saturated carbocycles. The topological polar surface area (TPSA) is 41.6 Å². The van der Waals surface area contributed by atoms with Gasteiger partial charge in [0, 0.05) is 31.7 Å². The number of morpholine rings is 1. The van der Waals surface area contributed by atoms with E-state index in [1.54, 1.807) is 18.2 Å². The van der Waals surface area contributed by atoms with Gasteiger partial charge in [-0.05, 0) is 35.7 Å². The number of anilines is 1. The Morgan fingerprint density at radius 1 is 1.08 bits per heavy atom. The second-order valence-corrected chi connectivity index (χ2v) is 6.13. The van der Waals surface area contributed by atoms with Gasteiger partial charge in [0.2, 0.25) is 5.91 Å². The Balaban J connectivity index is 1.44. The van der Waals surface area contributed by atoms with Crippen LogP contribution >= 0.6 is 0 Å². The number of halogens is 1. The van der Waals surface area contributed by atoms with Gasteiger partial charge in [0.15, 0.2) is 0 Å². The molecule has 5 heteroatoms. The van der Waals surface area contributed by atoms with Gasteiger partial charge in [-0.15, -0.1) is 0 Å². The van der Waals surface area contributed by atoms with Crippen molar-refractivity contribution in [1.82, 2.24) is 5.32 Å². The summed E-state index contributed by atoms with van der Waals surface area (Å²) in [7, 11) is 0. The van der Waals surface area contributed by atoms with Crippen LogP contribution in [0.4, 0.5) is 10.1 Å². The zero-order valence-electron chi connectivity index (χ0n) is 14.2. The second-order valence-electron chi connectivity index (χ2n) is 6.13. The lowest BCUT2D eigenvalue weighted by atomic mass is 10.1. The summed E-state index contributed by atoms with van der Waals surface area (Å²) in [6.07, 6.45) is 0.696. The summed E-state index contributed by atoms with van der Waals surface area (Å²) in [5, 5.41) is 2.89. The summed E-state index contributed by atoms with van der Waals surface area (Å²) in [4.78, 5) is 14.3. The maximum Gasteiger partial charge on any atom is 0.220 e. The lowest BCUT2D eigenvalue weighted by Gasteiger charge is -2.28. The lowest BCUT2D eigenvalue weighted by Crippen LogP contribution is -2.36. The molecule has 0 bridgehead atoms. The third-order valence-corrected chi connectivity index (χ3v) is 4.38. The monoisotopic (exact) mass is 342 g/mol. The summed E-state index contributed by atoms with van der Waals surface area (Å²) in [6, 6.07) is 14.8. The Kier molecular flexibility index (Phi) is 6.01. The Hall–Kier alpha value is -2.40. The molecule has 3 rings (SSSR count). The molecular formula is C20H23FN2O2. The molecule has 2 aromatic rings. The number of amides is 1. The van der Waals surface area contributed by atoms with Gasteiger partial charge in [-0.2, -0.15) is 0 Å². The minimum Gasteiger partial charge on any atom is -0.378 e. The first kappa shape index (κ1) is 17.4. The normalized spacial score (nSPS) is 14.4. The molecule has 25 heavy (non-hydrogen) atoms. The predicted octanol–water partition coefficient (Wildman–Crippen LogP) is 2.91. The molecule has 0 unspecified atom stereocenters. The van der Waals surface area contributed by atoms with Crippen LogP contribution in [0.5, 0.6) is 0 Å². The minimum absolute atomic E-state index is 0.0690. The van der Waals surface area contributed by atoms with Crippen molar-refractivity contribution in [1.29, 1.82) is 0 Å². The first-order valence-electron chi connectivity index (χ1n) is 8.64. The van der Waals surface area contributed by atoms with Crippen LogP contribution in [0, 0.1) is 5.82 Å². The highest BCUT2D eigenvalue weighted by Gasteiger charge is 2.11. The van der Waals surface area contributed by atoms with E-state index in [4.69, 9.17) is 4.74 Å². The largest absolute Gasteiger partial charge is 0.378 e. The highest BCUT2D eigenvalue weighted by atomic mass is 19.1. The lowest BCUT2D eigenvalue weighted by molar-refractivity contribution is -0.121. The minimum atomic E-state index is -0.256. The van der Waals surface area contributed by atoms with E-state index in [1.165, 1.54) is 11.8 Å². The molecule has 1 saturated heterocycles. The summed E-state index contributed by atoms with van der Waals surface area (Å²) >= 11 is 0. The number of nitrogens with zero attached hydrogens (tertiary/aromatic N) is 1. The van der Waals surface area contributed by atoms with E-state index in [1.807, 2.05) is 12.1 Å². The van der Waals surface area contributed by atoms with Crippen molar-refractivity contribution in [2.24, 2.45) is 0 Å². The number of aryl methyl sites for hydroxylation is 1. The van der Waals surface area contributed by atoms with Crippen molar-refractivity contribution in [3.05, 3.63) is 65.5 Å². The molecule has 1 amide bonds. The fourth-order valence-corrected chi connectivity index (χ4v) is 2.88. The number of hydrogen-bond donors (Lipinski definition) is 1. The van der Waals surface area contributed by atoms with Gasteiger partial charge in [0.25, 0.3) is 0 Å². The van der Waals surface area contributed by atoms with Crippen LogP contribution in [0.2, 0.25) is 0 Å². The number of carbonyl (C=O) groups is 1. The molecule has 1 heterocycles. The van der Waals surface area contributed by atoms with Gasteiger partial charge < -0.3 is 15.0 Å². The Labute approximate surface area is 147 Å². The SMILES string of the molecule is O=C(CCc1ccccc1F)NCc1ccc(N2CCOCC2)cc1. The van der Waals surface area contributed by atoms with E-state index in [9.17, 15) is 9.18 Å². The zero-order chi connectivity index (χ0) is 17.5. The average molecular weight is 342 g/mol. The van der Waals surface area contributed by atoms with Crippen LogP contribution in [0.15, 0.2) is 48.5 Å². The molecule has 132 valence electrons. The van der Waals surface area contributed by atoms with Crippen molar-refractivity contribution in [3.63, 3.8) is 0 Å². The number of ether oxygens (including phenoxy) is 1. The number of nitrogens with one attached hydrogen (secondary N) is 1. The average Bonchev–Trinajstić information content (AvgIpc) is 2.67. The highest BCUT2D eigenvalue weighted by molar-refractivity contribution is 5.76. The maximum absolute atomic E-state index is 13.5. The molecule has 0 radical (unpaired) electrons. The molecule has 1 aliphatic heterocycles. The third-order valence-electron chi connectivity index (χ3n) is 4.38. The molecule has 0 aromatic heterocycles. The zero-order valence-corrected chi connectivity index (χ0v) is 14.2. The number of carbonyl (C=O) groups excluding carboxylic acids is 1. The Morgan fingerprint density at radius 3 is 2.52 bits per heavy atom. The highest BCUT2D eigenvalue weighted by Crippen LogP contribution is 2.16. The van der Waals surface area contributed by atoms with Gasteiger partial charge in [0.1, 0.15) is 5.82 Å². The molecule has 0 spiro atoms. The first-order valence-corrected chi connectivity index (χ1v) is 8.64. The molecule has 0 atom stereocenters. The van der Waals surface area contributed by atoms with E-state index < -0.39 is 0 Å². The smallest absolute Gasteiger partial charge is 0.220 e. The summed E-state index contributed by atoms with van der Waals surface area (Å²) in [5.41, 5.74) is 2.81. The van der Waals surface area contributed by atoms with E-state index in [-0.39, 0.29) is 18.1 Å².